The summed E-state index contributed by atoms with van der Waals surface area (Å²) in [6, 6.07) is 17.1. The fourth-order valence-electron chi connectivity index (χ4n) is 4.19. The van der Waals surface area contributed by atoms with E-state index in [9.17, 15) is 5.11 Å². The van der Waals surface area contributed by atoms with Crippen molar-refractivity contribution in [3.63, 3.8) is 0 Å². The Balaban J connectivity index is 1.72. The summed E-state index contributed by atoms with van der Waals surface area (Å²) in [6.07, 6.45) is 4.69. The molecule has 2 N–H and O–H groups in total. The predicted molar refractivity (Wildman–Crippen MR) is 144 cm³/mol. The molecule has 184 valence electrons. The molecule has 4 aromatic rings. The monoisotopic (exact) mass is 472 g/mol. The van der Waals surface area contributed by atoms with Gasteiger partial charge in [-0.15, -0.1) is 0 Å². The van der Waals surface area contributed by atoms with E-state index in [1.165, 1.54) is 5.56 Å². The molecule has 0 bridgehead atoms. The van der Waals surface area contributed by atoms with Gasteiger partial charge in [-0.3, -0.25) is 4.98 Å². The number of rotatable bonds is 10. The number of benzene rings is 1. The number of fused-ring (bicyclic) bond motifs is 1. The van der Waals surface area contributed by atoms with Crippen LogP contribution in [0.4, 0.5) is 11.8 Å². The molecular weight excluding hydrogens is 436 g/mol. The summed E-state index contributed by atoms with van der Waals surface area (Å²) < 4.78 is 2.17. The first-order valence-electron chi connectivity index (χ1n) is 12.4. The lowest BCUT2D eigenvalue weighted by molar-refractivity contribution is 0.271. The van der Waals surface area contributed by atoms with Gasteiger partial charge in [0.25, 0.3) is 0 Å². The lowest BCUT2D eigenvalue weighted by Gasteiger charge is -2.29. The van der Waals surface area contributed by atoms with Gasteiger partial charge >= 0.3 is 0 Å². The Bertz CT molecular complexity index is 1230. The van der Waals surface area contributed by atoms with E-state index in [0.717, 1.165) is 41.1 Å². The van der Waals surface area contributed by atoms with Gasteiger partial charge in [-0.1, -0.05) is 37.3 Å². The SMILES string of the molecule is CC[C@H](CO)Nc1nc(N(Cc2ccc(-c3ccccn3)cc2)C(C)C)c2ccn(C(C)C)c2n1. The molecule has 1 atom stereocenters. The number of aliphatic hydroxyl groups is 1. The second-order valence-electron chi connectivity index (χ2n) is 9.49. The summed E-state index contributed by atoms with van der Waals surface area (Å²) >= 11 is 0. The van der Waals surface area contributed by atoms with E-state index in [2.05, 4.69) is 84.0 Å². The smallest absolute Gasteiger partial charge is 0.226 e. The van der Waals surface area contributed by atoms with E-state index in [1.807, 2.05) is 31.3 Å². The Morgan fingerprint density at radius 2 is 1.77 bits per heavy atom. The average molecular weight is 473 g/mol. The molecule has 3 aromatic heterocycles. The van der Waals surface area contributed by atoms with Gasteiger partial charge in [0.2, 0.25) is 5.95 Å². The summed E-state index contributed by atoms with van der Waals surface area (Å²) in [5.74, 6) is 1.44. The average Bonchev–Trinajstić information content (AvgIpc) is 3.30. The maximum absolute atomic E-state index is 9.73. The van der Waals surface area contributed by atoms with Gasteiger partial charge in [-0.25, -0.2) is 0 Å². The molecule has 4 rings (SSSR count). The Hall–Kier alpha value is -3.45. The summed E-state index contributed by atoms with van der Waals surface area (Å²) in [5.41, 5.74) is 4.17. The van der Waals surface area contributed by atoms with Crippen LogP contribution >= 0.6 is 0 Å². The number of anilines is 2. The Morgan fingerprint density at radius 3 is 2.37 bits per heavy atom. The topological polar surface area (TPSA) is 79.1 Å². The largest absolute Gasteiger partial charge is 0.394 e. The van der Waals surface area contributed by atoms with Gasteiger partial charge in [0.05, 0.1) is 23.7 Å². The van der Waals surface area contributed by atoms with Crippen molar-refractivity contribution in [2.75, 3.05) is 16.8 Å². The highest BCUT2D eigenvalue weighted by molar-refractivity contribution is 5.89. The van der Waals surface area contributed by atoms with Crippen LogP contribution in [0.3, 0.4) is 0 Å². The van der Waals surface area contributed by atoms with Crippen LogP contribution in [0.15, 0.2) is 60.9 Å². The van der Waals surface area contributed by atoms with Crippen LogP contribution in [0.25, 0.3) is 22.3 Å². The zero-order chi connectivity index (χ0) is 24.9. The number of hydrogen-bond donors (Lipinski definition) is 2. The predicted octanol–water partition coefficient (Wildman–Crippen LogP) is 5.67. The van der Waals surface area contributed by atoms with Crippen LogP contribution in [0, 0.1) is 0 Å². The van der Waals surface area contributed by atoms with Gasteiger partial charge in [0.1, 0.15) is 11.5 Å². The zero-order valence-corrected chi connectivity index (χ0v) is 21.3. The highest BCUT2D eigenvalue weighted by Crippen LogP contribution is 2.31. The Morgan fingerprint density at radius 1 is 1.00 bits per heavy atom. The van der Waals surface area contributed by atoms with Gasteiger partial charge in [-0.2, -0.15) is 9.97 Å². The van der Waals surface area contributed by atoms with Crippen molar-refractivity contribution >= 4 is 22.8 Å². The number of nitrogens with zero attached hydrogens (tertiary/aromatic N) is 5. The van der Waals surface area contributed by atoms with Crippen molar-refractivity contribution in [1.82, 2.24) is 19.5 Å². The molecule has 0 radical (unpaired) electrons. The fourth-order valence-corrected chi connectivity index (χ4v) is 4.19. The van der Waals surface area contributed by atoms with Crippen LogP contribution in [-0.2, 0) is 6.54 Å². The van der Waals surface area contributed by atoms with Crippen LogP contribution in [0.5, 0.6) is 0 Å². The minimum atomic E-state index is -0.0885. The molecule has 0 aliphatic rings. The number of nitrogens with one attached hydrogen (secondary N) is 1. The molecule has 35 heavy (non-hydrogen) atoms. The maximum atomic E-state index is 9.73. The first-order chi connectivity index (χ1) is 16.9. The van der Waals surface area contributed by atoms with Crippen LogP contribution in [0.1, 0.15) is 52.6 Å². The Kier molecular flexibility index (Phi) is 7.66. The van der Waals surface area contributed by atoms with Crippen molar-refractivity contribution in [2.24, 2.45) is 0 Å². The summed E-state index contributed by atoms with van der Waals surface area (Å²) in [6.45, 7) is 11.5. The van der Waals surface area contributed by atoms with Crippen molar-refractivity contribution in [2.45, 2.75) is 65.7 Å². The zero-order valence-electron chi connectivity index (χ0n) is 21.3. The second-order valence-corrected chi connectivity index (χ2v) is 9.49. The first kappa shape index (κ1) is 24.7. The molecule has 0 aliphatic heterocycles. The van der Waals surface area contributed by atoms with E-state index in [1.54, 1.807) is 0 Å². The van der Waals surface area contributed by atoms with Crippen molar-refractivity contribution < 1.29 is 5.11 Å². The minimum absolute atomic E-state index is 0.0366. The molecule has 0 fully saturated rings. The molecule has 7 heteroatoms. The van der Waals surface area contributed by atoms with E-state index in [0.29, 0.717) is 5.95 Å². The van der Waals surface area contributed by atoms with E-state index in [4.69, 9.17) is 9.97 Å². The number of hydrogen-bond acceptors (Lipinski definition) is 6. The van der Waals surface area contributed by atoms with Crippen LogP contribution in [0.2, 0.25) is 0 Å². The number of aliphatic hydroxyl groups excluding tert-OH is 1. The molecule has 7 nitrogen and oxygen atoms in total. The second kappa shape index (κ2) is 10.9. The van der Waals surface area contributed by atoms with Crippen molar-refractivity contribution in [3.8, 4) is 11.3 Å². The van der Waals surface area contributed by atoms with E-state index >= 15 is 0 Å². The molecule has 1 aromatic carbocycles. The summed E-state index contributed by atoms with van der Waals surface area (Å²) in [5, 5.41) is 14.1. The molecular formula is C28H36N6O. The van der Waals surface area contributed by atoms with Crippen LogP contribution in [-0.4, -0.2) is 43.3 Å². The molecule has 0 unspecified atom stereocenters. The van der Waals surface area contributed by atoms with Crippen LogP contribution < -0.4 is 10.2 Å². The van der Waals surface area contributed by atoms with E-state index < -0.39 is 0 Å². The molecule has 3 heterocycles. The van der Waals surface area contributed by atoms with Gasteiger partial charge in [-0.05, 0) is 57.9 Å². The highest BCUT2D eigenvalue weighted by atomic mass is 16.3. The Labute approximate surface area is 207 Å². The molecule has 0 saturated carbocycles. The maximum Gasteiger partial charge on any atom is 0.226 e. The normalized spacial score (nSPS) is 12.5. The van der Waals surface area contributed by atoms with Crippen molar-refractivity contribution in [1.29, 1.82) is 0 Å². The quantitative estimate of drug-likeness (QED) is 0.309. The van der Waals surface area contributed by atoms with Crippen molar-refractivity contribution in [3.05, 3.63) is 66.5 Å². The van der Waals surface area contributed by atoms with Gasteiger partial charge in [0.15, 0.2) is 0 Å². The highest BCUT2D eigenvalue weighted by Gasteiger charge is 2.21. The number of aromatic nitrogens is 4. The summed E-state index contributed by atoms with van der Waals surface area (Å²) in [7, 11) is 0. The lowest BCUT2D eigenvalue weighted by Crippen LogP contribution is -2.32. The van der Waals surface area contributed by atoms with E-state index in [-0.39, 0.29) is 24.7 Å². The third-order valence-electron chi connectivity index (χ3n) is 6.32. The molecule has 0 saturated heterocycles. The fraction of sp³-hybridized carbons (Fsp3) is 0.393. The summed E-state index contributed by atoms with van der Waals surface area (Å²) in [4.78, 5) is 16.6. The lowest BCUT2D eigenvalue weighted by atomic mass is 10.1. The number of pyridine rings is 1. The first-order valence-corrected chi connectivity index (χ1v) is 12.4. The molecule has 0 amide bonds. The third kappa shape index (κ3) is 5.46. The van der Waals surface area contributed by atoms with Gasteiger partial charge in [0, 0.05) is 36.6 Å². The molecule has 0 spiro atoms. The minimum Gasteiger partial charge on any atom is -0.394 e. The van der Waals surface area contributed by atoms with Gasteiger partial charge < -0.3 is 19.9 Å². The standard InChI is InChI=1S/C28H36N6O/c1-6-23(18-35)30-28-31-26-24(14-16-33(26)19(2)3)27(32-28)34(20(4)5)17-21-10-12-22(13-11-21)25-9-7-8-15-29-25/h7-16,19-20,23,35H,6,17-18H2,1-5H3,(H,30,31,32)/t23-/m1/s1. The third-order valence-corrected chi connectivity index (χ3v) is 6.32. The molecule has 0 aliphatic carbocycles.